The number of hydrogen-bond donors (Lipinski definition) is 0. The highest BCUT2D eigenvalue weighted by Gasteiger charge is 2.03. The topological polar surface area (TPSA) is 26.3 Å². The highest BCUT2D eigenvalue weighted by atomic mass is 16.5. The fourth-order valence-corrected chi connectivity index (χ4v) is 0.553. The largest absolute Gasteiger partial charge is 0.466 e. The van der Waals surface area contributed by atoms with Gasteiger partial charge in [0.1, 0.15) is 0 Å². The van der Waals surface area contributed by atoms with E-state index in [0.29, 0.717) is 18.9 Å². The summed E-state index contributed by atoms with van der Waals surface area (Å²) in [5, 5.41) is 0. The van der Waals surface area contributed by atoms with Gasteiger partial charge in [0.15, 0.2) is 0 Å². The third kappa shape index (κ3) is 12.6. The number of carbonyl (C=O) groups is 1. The molecule has 0 spiro atoms. The van der Waals surface area contributed by atoms with Gasteiger partial charge in [0, 0.05) is 6.42 Å². The van der Waals surface area contributed by atoms with Crippen LogP contribution in [0.1, 0.15) is 41.0 Å². The molecule has 0 unspecified atom stereocenters. The molecule has 11 heavy (non-hydrogen) atoms. The van der Waals surface area contributed by atoms with E-state index in [9.17, 15) is 4.79 Å². The summed E-state index contributed by atoms with van der Waals surface area (Å²) in [4.78, 5) is 10.6. The third-order valence-electron chi connectivity index (χ3n) is 0.880. The molecular formula is C9H20O2. The molecule has 0 aliphatic carbocycles. The van der Waals surface area contributed by atoms with Gasteiger partial charge in [-0.25, -0.2) is 0 Å². The Bertz CT molecular complexity index is 87.6. The SMILES string of the molecule is CC.CCOC(=O)CC(C)C. The molecule has 2 nitrogen and oxygen atoms in total. The Kier molecular flexibility index (Phi) is 11.3. The van der Waals surface area contributed by atoms with Crippen molar-refractivity contribution in [2.24, 2.45) is 5.92 Å². The Morgan fingerprint density at radius 3 is 2.09 bits per heavy atom. The first kappa shape index (κ1) is 13.1. The van der Waals surface area contributed by atoms with Crippen LogP contribution < -0.4 is 0 Å². The van der Waals surface area contributed by atoms with Crippen molar-refractivity contribution in [2.75, 3.05) is 6.61 Å². The van der Waals surface area contributed by atoms with Gasteiger partial charge in [0.2, 0.25) is 0 Å². The molecule has 0 aliphatic heterocycles. The molecule has 0 heterocycles. The van der Waals surface area contributed by atoms with Gasteiger partial charge in [-0.2, -0.15) is 0 Å². The van der Waals surface area contributed by atoms with E-state index in [0.717, 1.165) is 0 Å². The Morgan fingerprint density at radius 2 is 1.82 bits per heavy atom. The molecule has 0 radical (unpaired) electrons. The highest BCUT2D eigenvalue weighted by molar-refractivity contribution is 5.69. The van der Waals surface area contributed by atoms with Gasteiger partial charge in [-0.1, -0.05) is 27.7 Å². The predicted octanol–water partition coefficient (Wildman–Crippen LogP) is 2.62. The van der Waals surface area contributed by atoms with Gasteiger partial charge in [-0.15, -0.1) is 0 Å². The fraction of sp³-hybridized carbons (Fsp3) is 0.889. The summed E-state index contributed by atoms with van der Waals surface area (Å²) in [7, 11) is 0. The van der Waals surface area contributed by atoms with Gasteiger partial charge in [-0.3, -0.25) is 4.79 Å². The lowest BCUT2D eigenvalue weighted by molar-refractivity contribution is -0.143. The first-order valence-corrected chi connectivity index (χ1v) is 4.32. The molecule has 0 N–H and O–H groups in total. The summed E-state index contributed by atoms with van der Waals surface area (Å²) < 4.78 is 4.71. The molecule has 0 aromatic rings. The fourth-order valence-electron chi connectivity index (χ4n) is 0.553. The Balaban J connectivity index is 0. The summed E-state index contributed by atoms with van der Waals surface area (Å²) in [6.07, 6.45) is 0.536. The van der Waals surface area contributed by atoms with E-state index in [1.807, 2.05) is 34.6 Å². The van der Waals surface area contributed by atoms with Crippen LogP contribution >= 0.6 is 0 Å². The number of carbonyl (C=O) groups excluding carboxylic acids is 1. The standard InChI is InChI=1S/C7H14O2.C2H6/c1-4-9-7(8)5-6(2)3;1-2/h6H,4-5H2,1-3H3;1-2H3. The van der Waals surface area contributed by atoms with E-state index in [1.54, 1.807) is 0 Å². The maximum atomic E-state index is 10.6. The van der Waals surface area contributed by atoms with Crippen LogP contribution in [0.2, 0.25) is 0 Å². The Hall–Kier alpha value is -0.530. The van der Waals surface area contributed by atoms with Crippen molar-refractivity contribution in [3.63, 3.8) is 0 Å². The number of rotatable bonds is 3. The van der Waals surface area contributed by atoms with Gasteiger partial charge < -0.3 is 4.74 Å². The zero-order valence-electron chi connectivity index (χ0n) is 8.31. The Labute approximate surface area is 69.9 Å². The Morgan fingerprint density at radius 1 is 1.36 bits per heavy atom. The van der Waals surface area contributed by atoms with Crippen LogP contribution in [0.15, 0.2) is 0 Å². The van der Waals surface area contributed by atoms with E-state index in [1.165, 1.54) is 0 Å². The lowest BCUT2D eigenvalue weighted by Gasteiger charge is -2.02. The average molecular weight is 160 g/mol. The molecule has 0 saturated carbocycles. The van der Waals surface area contributed by atoms with E-state index >= 15 is 0 Å². The second-order valence-electron chi connectivity index (χ2n) is 2.40. The third-order valence-corrected chi connectivity index (χ3v) is 0.880. The van der Waals surface area contributed by atoms with E-state index < -0.39 is 0 Å². The first-order chi connectivity index (χ1) is 5.16. The molecule has 0 saturated heterocycles. The quantitative estimate of drug-likeness (QED) is 0.593. The highest BCUT2D eigenvalue weighted by Crippen LogP contribution is 1.99. The molecular weight excluding hydrogens is 140 g/mol. The van der Waals surface area contributed by atoms with Gasteiger partial charge in [-0.05, 0) is 12.8 Å². The second kappa shape index (κ2) is 9.47. The van der Waals surface area contributed by atoms with Gasteiger partial charge in [0.05, 0.1) is 6.61 Å². The first-order valence-electron chi connectivity index (χ1n) is 4.32. The molecule has 0 bridgehead atoms. The van der Waals surface area contributed by atoms with Crippen LogP contribution in [0, 0.1) is 5.92 Å². The minimum Gasteiger partial charge on any atom is -0.466 e. The minimum atomic E-state index is -0.0903. The smallest absolute Gasteiger partial charge is 0.306 e. The second-order valence-corrected chi connectivity index (χ2v) is 2.40. The molecule has 0 atom stereocenters. The van der Waals surface area contributed by atoms with Gasteiger partial charge >= 0.3 is 5.97 Å². The molecule has 0 aromatic carbocycles. The molecule has 0 rings (SSSR count). The number of hydrogen-bond acceptors (Lipinski definition) is 2. The molecule has 68 valence electrons. The van der Waals surface area contributed by atoms with Crippen LogP contribution in [0.4, 0.5) is 0 Å². The maximum Gasteiger partial charge on any atom is 0.306 e. The van der Waals surface area contributed by atoms with E-state index in [2.05, 4.69) is 0 Å². The van der Waals surface area contributed by atoms with Crippen LogP contribution in [0.5, 0.6) is 0 Å². The minimum absolute atomic E-state index is 0.0903. The number of ether oxygens (including phenoxy) is 1. The van der Waals surface area contributed by atoms with Crippen molar-refractivity contribution in [2.45, 2.75) is 41.0 Å². The zero-order chi connectivity index (χ0) is 9.28. The van der Waals surface area contributed by atoms with Crippen molar-refractivity contribution in [3.05, 3.63) is 0 Å². The van der Waals surface area contributed by atoms with E-state index in [-0.39, 0.29) is 5.97 Å². The molecule has 0 aliphatic rings. The summed E-state index contributed by atoms with van der Waals surface area (Å²) in [5.41, 5.74) is 0. The van der Waals surface area contributed by atoms with E-state index in [4.69, 9.17) is 4.74 Å². The van der Waals surface area contributed by atoms with Crippen LogP contribution in [0.25, 0.3) is 0 Å². The average Bonchev–Trinajstić information content (AvgIpc) is 1.91. The van der Waals surface area contributed by atoms with Crippen LogP contribution in [-0.2, 0) is 9.53 Å². The molecule has 2 heteroatoms. The summed E-state index contributed by atoms with van der Waals surface area (Å²) >= 11 is 0. The summed E-state index contributed by atoms with van der Waals surface area (Å²) in [6, 6.07) is 0. The van der Waals surface area contributed by atoms with Crippen LogP contribution in [0.3, 0.4) is 0 Å². The summed E-state index contributed by atoms with van der Waals surface area (Å²) in [5.74, 6) is 0.316. The van der Waals surface area contributed by atoms with Crippen molar-refractivity contribution in [1.82, 2.24) is 0 Å². The zero-order valence-corrected chi connectivity index (χ0v) is 8.31. The lowest BCUT2D eigenvalue weighted by atomic mass is 10.1. The molecule has 0 aromatic heterocycles. The van der Waals surface area contributed by atoms with Crippen molar-refractivity contribution in [3.8, 4) is 0 Å². The lowest BCUT2D eigenvalue weighted by Crippen LogP contribution is -2.06. The van der Waals surface area contributed by atoms with Gasteiger partial charge in [0.25, 0.3) is 0 Å². The number of esters is 1. The summed E-state index contributed by atoms with van der Waals surface area (Å²) in [6.45, 7) is 10.3. The van der Waals surface area contributed by atoms with Crippen LogP contribution in [-0.4, -0.2) is 12.6 Å². The van der Waals surface area contributed by atoms with Crippen molar-refractivity contribution >= 4 is 5.97 Å². The molecule has 0 amide bonds. The van der Waals surface area contributed by atoms with Crippen molar-refractivity contribution < 1.29 is 9.53 Å². The normalized spacial score (nSPS) is 8.55. The van der Waals surface area contributed by atoms with Crippen molar-refractivity contribution in [1.29, 1.82) is 0 Å². The predicted molar refractivity (Wildman–Crippen MR) is 47.4 cm³/mol. The maximum absolute atomic E-state index is 10.6. The molecule has 0 fully saturated rings. The monoisotopic (exact) mass is 160 g/mol.